The van der Waals surface area contributed by atoms with Crippen LogP contribution in [0.4, 0.5) is 0 Å². The van der Waals surface area contributed by atoms with Crippen molar-refractivity contribution in [1.29, 1.82) is 0 Å². The van der Waals surface area contributed by atoms with Gasteiger partial charge in [-0.05, 0) is 25.7 Å². The number of unbranched alkanes of at least 4 members (excludes halogenated alkanes) is 5. The fourth-order valence-corrected chi connectivity index (χ4v) is 2.03. The Morgan fingerprint density at radius 2 is 1.21 bits per heavy atom. The molecule has 0 saturated heterocycles. The van der Waals surface area contributed by atoms with E-state index < -0.39 is 0 Å². The van der Waals surface area contributed by atoms with Gasteiger partial charge in [0.15, 0.2) is 0 Å². The number of ketones is 2. The molecule has 3 nitrogen and oxygen atoms in total. The van der Waals surface area contributed by atoms with Gasteiger partial charge < -0.3 is 4.79 Å². The molecule has 0 unspecified atom stereocenters. The summed E-state index contributed by atoms with van der Waals surface area (Å²) in [5.74, 6) is 0.613. The summed E-state index contributed by atoms with van der Waals surface area (Å²) >= 11 is 0. The molecule has 0 rings (SSSR count). The highest BCUT2D eigenvalue weighted by atomic mass is 16.1. The van der Waals surface area contributed by atoms with Gasteiger partial charge in [0.1, 0.15) is 17.9 Å². The summed E-state index contributed by atoms with van der Waals surface area (Å²) in [7, 11) is 0. The Bertz CT molecular complexity index is 259. The minimum atomic E-state index is 0.246. The number of aldehydes is 1. The normalized spacial score (nSPS) is 10.4. The Morgan fingerprint density at radius 3 is 1.68 bits per heavy atom. The lowest BCUT2D eigenvalue weighted by molar-refractivity contribution is -0.119. The predicted molar refractivity (Wildman–Crippen MR) is 77.2 cm³/mol. The van der Waals surface area contributed by atoms with Gasteiger partial charge in [0.25, 0.3) is 0 Å². The fourth-order valence-electron chi connectivity index (χ4n) is 2.03. The van der Waals surface area contributed by atoms with Crippen molar-refractivity contribution in [3.63, 3.8) is 0 Å². The predicted octanol–water partition coefficient (Wildman–Crippen LogP) is 4.02. The standard InChI is InChI=1S/C16H28O3/c1-2-3-5-10-15(18)11-6-4-7-12-16(19)13-8-9-14-17/h14H,2-13H2,1H3. The van der Waals surface area contributed by atoms with Crippen molar-refractivity contribution in [2.24, 2.45) is 0 Å². The summed E-state index contributed by atoms with van der Waals surface area (Å²) in [6, 6.07) is 0. The average Bonchev–Trinajstić information content (AvgIpc) is 2.39. The second-order valence-corrected chi connectivity index (χ2v) is 5.15. The molecule has 0 heterocycles. The molecule has 0 atom stereocenters. The van der Waals surface area contributed by atoms with Crippen LogP contribution in [0, 0.1) is 0 Å². The Labute approximate surface area is 117 Å². The number of hydrogen-bond donors (Lipinski definition) is 0. The molecule has 0 saturated carbocycles. The van der Waals surface area contributed by atoms with Crippen LogP contribution in [-0.4, -0.2) is 17.9 Å². The summed E-state index contributed by atoms with van der Waals surface area (Å²) in [5.41, 5.74) is 0. The number of Topliss-reactive ketones (excluding diaryl/α,β-unsaturated/α-hetero) is 2. The first-order valence-electron chi connectivity index (χ1n) is 7.67. The number of rotatable bonds is 14. The van der Waals surface area contributed by atoms with Crippen LogP contribution in [-0.2, 0) is 14.4 Å². The third-order valence-electron chi connectivity index (χ3n) is 3.25. The summed E-state index contributed by atoms with van der Waals surface area (Å²) in [6.45, 7) is 2.14. The van der Waals surface area contributed by atoms with Crippen LogP contribution in [0.15, 0.2) is 0 Å². The molecule has 0 amide bonds. The van der Waals surface area contributed by atoms with Crippen LogP contribution < -0.4 is 0 Å². The molecule has 110 valence electrons. The second kappa shape index (κ2) is 13.4. The van der Waals surface area contributed by atoms with Gasteiger partial charge in [-0.15, -0.1) is 0 Å². The van der Waals surface area contributed by atoms with E-state index >= 15 is 0 Å². The van der Waals surface area contributed by atoms with Crippen molar-refractivity contribution in [1.82, 2.24) is 0 Å². The minimum Gasteiger partial charge on any atom is -0.303 e. The van der Waals surface area contributed by atoms with Gasteiger partial charge in [0.2, 0.25) is 0 Å². The van der Waals surface area contributed by atoms with Crippen molar-refractivity contribution in [3.05, 3.63) is 0 Å². The van der Waals surface area contributed by atoms with Crippen LogP contribution in [0.25, 0.3) is 0 Å². The van der Waals surface area contributed by atoms with Crippen molar-refractivity contribution < 1.29 is 14.4 Å². The van der Waals surface area contributed by atoms with Crippen LogP contribution in [0.1, 0.15) is 84.0 Å². The van der Waals surface area contributed by atoms with Gasteiger partial charge in [-0.2, -0.15) is 0 Å². The summed E-state index contributed by atoms with van der Waals surface area (Å²) in [6.07, 6.45) is 10.6. The Hall–Kier alpha value is -0.990. The van der Waals surface area contributed by atoms with E-state index in [1.165, 1.54) is 0 Å². The third kappa shape index (κ3) is 13.2. The average molecular weight is 268 g/mol. The molecule has 0 aromatic rings. The van der Waals surface area contributed by atoms with E-state index in [-0.39, 0.29) is 5.78 Å². The number of hydrogen-bond acceptors (Lipinski definition) is 3. The van der Waals surface area contributed by atoms with Crippen molar-refractivity contribution in [2.45, 2.75) is 84.0 Å². The smallest absolute Gasteiger partial charge is 0.132 e. The van der Waals surface area contributed by atoms with Crippen molar-refractivity contribution in [3.8, 4) is 0 Å². The summed E-state index contributed by atoms with van der Waals surface area (Å²) in [4.78, 5) is 33.0. The van der Waals surface area contributed by atoms with Gasteiger partial charge in [-0.25, -0.2) is 0 Å². The molecule has 0 fully saturated rings. The van der Waals surface area contributed by atoms with Gasteiger partial charge in [0.05, 0.1) is 0 Å². The Balaban J connectivity index is 3.31. The molecule has 0 radical (unpaired) electrons. The molecule has 3 heteroatoms. The molecule has 0 aliphatic rings. The minimum absolute atomic E-state index is 0.246. The van der Waals surface area contributed by atoms with E-state index in [4.69, 9.17) is 0 Å². The molecule has 0 aromatic carbocycles. The first kappa shape index (κ1) is 18.0. The first-order chi connectivity index (χ1) is 9.20. The Morgan fingerprint density at radius 1 is 0.737 bits per heavy atom. The lowest BCUT2D eigenvalue weighted by atomic mass is 10.0. The molecule has 0 bridgehead atoms. The molecular weight excluding hydrogens is 240 g/mol. The van der Waals surface area contributed by atoms with Crippen LogP contribution in [0.5, 0.6) is 0 Å². The monoisotopic (exact) mass is 268 g/mol. The molecule has 19 heavy (non-hydrogen) atoms. The molecule has 0 N–H and O–H groups in total. The zero-order valence-corrected chi connectivity index (χ0v) is 12.3. The molecule has 0 aromatic heterocycles. The fraction of sp³-hybridized carbons (Fsp3) is 0.812. The zero-order chi connectivity index (χ0) is 14.3. The van der Waals surface area contributed by atoms with Gasteiger partial charge in [0, 0.05) is 32.1 Å². The van der Waals surface area contributed by atoms with Gasteiger partial charge in [-0.3, -0.25) is 9.59 Å². The van der Waals surface area contributed by atoms with Crippen molar-refractivity contribution in [2.75, 3.05) is 0 Å². The molecular formula is C16H28O3. The number of carbonyl (C=O) groups excluding carboxylic acids is 3. The molecule has 0 spiro atoms. The van der Waals surface area contributed by atoms with Crippen LogP contribution >= 0.6 is 0 Å². The highest BCUT2D eigenvalue weighted by Crippen LogP contribution is 2.09. The van der Waals surface area contributed by atoms with Crippen LogP contribution in [0.2, 0.25) is 0 Å². The lowest BCUT2D eigenvalue weighted by Crippen LogP contribution is -2.00. The third-order valence-corrected chi connectivity index (χ3v) is 3.25. The summed E-state index contributed by atoms with van der Waals surface area (Å²) < 4.78 is 0. The maximum atomic E-state index is 11.5. The number of carbonyl (C=O) groups is 3. The van der Waals surface area contributed by atoms with Gasteiger partial charge in [-0.1, -0.05) is 26.2 Å². The zero-order valence-electron chi connectivity index (χ0n) is 12.3. The summed E-state index contributed by atoms with van der Waals surface area (Å²) in [5, 5.41) is 0. The van der Waals surface area contributed by atoms with E-state index in [0.29, 0.717) is 37.9 Å². The first-order valence-corrected chi connectivity index (χ1v) is 7.67. The van der Waals surface area contributed by atoms with E-state index in [1.807, 2.05) is 0 Å². The largest absolute Gasteiger partial charge is 0.303 e. The topological polar surface area (TPSA) is 51.2 Å². The Kier molecular flexibility index (Phi) is 12.7. The SMILES string of the molecule is CCCCCC(=O)CCCCCC(=O)CCCC=O. The maximum absolute atomic E-state index is 11.5. The van der Waals surface area contributed by atoms with Gasteiger partial charge >= 0.3 is 0 Å². The van der Waals surface area contributed by atoms with E-state index in [2.05, 4.69) is 6.92 Å². The van der Waals surface area contributed by atoms with E-state index in [1.54, 1.807) is 0 Å². The quantitative estimate of drug-likeness (QED) is 0.353. The van der Waals surface area contributed by atoms with Crippen LogP contribution in [0.3, 0.4) is 0 Å². The molecule has 0 aliphatic heterocycles. The van der Waals surface area contributed by atoms with Crippen molar-refractivity contribution >= 4 is 17.9 Å². The highest BCUT2D eigenvalue weighted by Gasteiger charge is 2.04. The second-order valence-electron chi connectivity index (χ2n) is 5.15. The molecule has 0 aliphatic carbocycles. The van der Waals surface area contributed by atoms with E-state index in [0.717, 1.165) is 51.2 Å². The lowest BCUT2D eigenvalue weighted by Gasteiger charge is -2.01. The highest BCUT2D eigenvalue weighted by molar-refractivity contribution is 5.79. The van der Waals surface area contributed by atoms with E-state index in [9.17, 15) is 14.4 Å². The maximum Gasteiger partial charge on any atom is 0.132 e.